The van der Waals surface area contributed by atoms with E-state index in [1.165, 1.54) is 0 Å². The summed E-state index contributed by atoms with van der Waals surface area (Å²) in [5, 5.41) is 13.6. The largest absolute Gasteiger partial charge is 0.507 e. The summed E-state index contributed by atoms with van der Waals surface area (Å²) in [6.45, 7) is 6.35. The number of allylic oxidation sites excluding steroid dienone is 2. The number of hydrazone groups is 1. The lowest BCUT2D eigenvalue weighted by molar-refractivity contribution is -0.130. The highest BCUT2D eigenvalue weighted by Gasteiger charge is 2.37. The van der Waals surface area contributed by atoms with E-state index in [4.69, 9.17) is 11.6 Å². The van der Waals surface area contributed by atoms with Crippen LogP contribution in [0.4, 0.5) is 0 Å². The van der Waals surface area contributed by atoms with Crippen molar-refractivity contribution < 1.29 is 14.7 Å². The normalized spacial score (nSPS) is 20.7. The Morgan fingerprint density at radius 1 is 1.42 bits per heavy atom. The molecule has 132 valence electrons. The van der Waals surface area contributed by atoms with Gasteiger partial charge in [-0.1, -0.05) is 32.1 Å². The van der Waals surface area contributed by atoms with Crippen molar-refractivity contribution in [2.45, 2.75) is 46.1 Å². The summed E-state index contributed by atoms with van der Waals surface area (Å²) in [7, 11) is 0. The predicted molar refractivity (Wildman–Crippen MR) is 94.1 cm³/mol. The summed E-state index contributed by atoms with van der Waals surface area (Å²) in [5.74, 6) is 3.55. The van der Waals surface area contributed by atoms with E-state index in [0.717, 1.165) is 0 Å². The van der Waals surface area contributed by atoms with Gasteiger partial charge in [0.05, 0.1) is 11.6 Å². The molecule has 24 heavy (non-hydrogen) atoms. The molecule has 2 rings (SSSR count). The minimum absolute atomic E-state index is 0.0443. The second kappa shape index (κ2) is 8.90. The van der Waals surface area contributed by atoms with Gasteiger partial charge in [-0.05, 0) is 19.8 Å². The Morgan fingerprint density at radius 3 is 2.67 bits per heavy atom. The molecule has 0 bridgehead atoms. The number of hydrogen-bond donors (Lipinski definition) is 3. The van der Waals surface area contributed by atoms with Crippen LogP contribution in [0.25, 0.3) is 0 Å². The van der Waals surface area contributed by atoms with Gasteiger partial charge in [0, 0.05) is 18.5 Å². The zero-order valence-corrected chi connectivity index (χ0v) is 14.5. The first-order chi connectivity index (χ1) is 11.5. The number of carbonyl (C=O) groups excluding carboxylic acids is 2. The number of aliphatic hydroxyl groups is 1. The molecule has 0 aromatic carbocycles. The van der Waals surface area contributed by atoms with Gasteiger partial charge >= 0.3 is 0 Å². The summed E-state index contributed by atoms with van der Waals surface area (Å²) in [6.07, 6.45) is 6.86. The molecule has 0 aromatic heterocycles. The molecule has 1 heterocycles. The fraction of sp³-hybridized carbons (Fsp3) is 0.471. The van der Waals surface area contributed by atoms with Crippen LogP contribution in [0.15, 0.2) is 40.2 Å². The zero-order chi connectivity index (χ0) is 18.3. The van der Waals surface area contributed by atoms with Gasteiger partial charge in [-0.2, -0.15) is 5.10 Å². The molecule has 1 atom stereocenters. The van der Waals surface area contributed by atoms with E-state index >= 15 is 0 Å². The maximum Gasteiger partial charge on any atom is 0.254 e. The van der Waals surface area contributed by atoms with Gasteiger partial charge in [-0.15, -0.1) is 0 Å². The smallest absolute Gasteiger partial charge is 0.254 e. The van der Waals surface area contributed by atoms with Gasteiger partial charge in [0.1, 0.15) is 5.76 Å². The van der Waals surface area contributed by atoms with Crippen molar-refractivity contribution in [1.82, 2.24) is 4.90 Å². The number of ketones is 1. The molecule has 5 N–H and O–H groups in total. The quantitative estimate of drug-likeness (QED) is 0.236. The fourth-order valence-corrected chi connectivity index (χ4v) is 2.77. The van der Waals surface area contributed by atoms with Crippen LogP contribution in [0.5, 0.6) is 0 Å². The maximum absolute atomic E-state index is 12.6. The molecule has 7 heteroatoms. The summed E-state index contributed by atoms with van der Waals surface area (Å²) in [4.78, 5) is 26.1. The summed E-state index contributed by atoms with van der Waals surface area (Å²) < 4.78 is 0. The van der Waals surface area contributed by atoms with Gasteiger partial charge in [0.25, 0.3) is 5.91 Å². The van der Waals surface area contributed by atoms with Crippen LogP contribution in [0.1, 0.15) is 40.0 Å². The van der Waals surface area contributed by atoms with Gasteiger partial charge in [-0.25, -0.2) is 0 Å². The lowest BCUT2D eigenvalue weighted by Gasteiger charge is -2.36. The monoisotopic (exact) mass is 334 g/mol. The maximum atomic E-state index is 12.6. The predicted octanol–water partition coefficient (Wildman–Crippen LogP) is 1.52. The number of carbonyl (C=O) groups is 2. The highest BCUT2D eigenvalue weighted by molar-refractivity contribution is 6.39. The van der Waals surface area contributed by atoms with E-state index in [1.807, 2.05) is 39.0 Å². The summed E-state index contributed by atoms with van der Waals surface area (Å²) >= 11 is 0. The Kier molecular flexibility index (Phi) is 7.23. The first-order valence-electron chi connectivity index (χ1n) is 8.16. The average Bonchev–Trinajstić information content (AvgIpc) is 2.86. The van der Waals surface area contributed by atoms with Crippen molar-refractivity contribution in [3.05, 3.63) is 35.1 Å². The second-order valence-electron chi connectivity index (χ2n) is 5.15. The number of hydrogen-bond acceptors (Lipinski definition) is 5. The van der Waals surface area contributed by atoms with E-state index < -0.39 is 5.78 Å². The number of amidine groups is 1. The number of nitrogens with two attached hydrogens (primary N) is 2. The van der Waals surface area contributed by atoms with Crippen molar-refractivity contribution >= 4 is 17.5 Å². The third-order valence-electron chi connectivity index (χ3n) is 3.92. The number of aliphatic hydroxyl groups excluding tert-OH is 1. The van der Waals surface area contributed by atoms with Crippen LogP contribution in [-0.4, -0.2) is 40.1 Å². The average molecular weight is 334 g/mol. The van der Waals surface area contributed by atoms with Crippen molar-refractivity contribution in [3.63, 3.8) is 0 Å². The Bertz CT molecular complexity index is 617. The number of rotatable bonds is 4. The minimum atomic E-state index is -0.584. The van der Waals surface area contributed by atoms with Crippen LogP contribution in [0.3, 0.4) is 0 Å². The first kappa shape index (κ1) is 19.5. The fourth-order valence-electron chi connectivity index (χ4n) is 2.77. The van der Waals surface area contributed by atoms with E-state index in [-0.39, 0.29) is 35.5 Å². The summed E-state index contributed by atoms with van der Waals surface area (Å²) in [6, 6.07) is -0.198. The van der Waals surface area contributed by atoms with Gasteiger partial charge in [0.15, 0.2) is 5.84 Å². The number of likely N-dealkylation sites (N-methyl/N-ethyl adjacent to an activating group) is 1. The molecular weight excluding hydrogens is 308 g/mol. The molecule has 1 aliphatic carbocycles. The first-order valence-corrected chi connectivity index (χ1v) is 8.16. The van der Waals surface area contributed by atoms with Crippen LogP contribution in [0, 0.1) is 0 Å². The Labute approximate surface area is 142 Å². The number of nitrogens with zero attached hydrogens (tertiary/aromatic N) is 2. The molecular formula is C17H26N4O3. The Morgan fingerprint density at radius 2 is 2.08 bits per heavy atom. The molecule has 0 radical (unpaired) electrons. The van der Waals surface area contributed by atoms with E-state index in [9.17, 15) is 14.7 Å². The van der Waals surface area contributed by atoms with Gasteiger partial charge < -0.3 is 21.6 Å². The second-order valence-corrected chi connectivity index (χ2v) is 5.15. The van der Waals surface area contributed by atoms with Crippen molar-refractivity contribution in [3.8, 4) is 0 Å². The molecule has 0 saturated heterocycles. The van der Waals surface area contributed by atoms with Gasteiger partial charge in [-0.3, -0.25) is 9.59 Å². The molecule has 0 fully saturated rings. The number of amides is 1. The molecule has 0 aromatic rings. The molecule has 1 aliphatic heterocycles. The van der Waals surface area contributed by atoms with Crippen molar-refractivity contribution in [2.24, 2.45) is 16.7 Å². The van der Waals surface area contributed by atoms with Crippen LogP contribution >= 0.6 is 0 Å². The Balaban J connectivity index is 0.00000139. The lowest BCUT2D eigenvalue weighted by atomic mass is 9.90. The van der Waals surface area contributed by atoms with Crippen LogP contribution in [0.2, 0.25) is 0 Å². The topological polar surface area (TPSA) is 122 Å². The van der Waals surface area contributed by atoms with E-state index in [1.54, 1.807) is 4.90 Å². The minimum Gasteiger partial charge on any atom is -0.507 e. The van der Waals surface area contributed by atoms with Crippen LogP contribution < -0.4 is 11.6 Å². The molecule has 1 unspecified atom stereocenters. The third kappa shape index (κ3) is 3.84. The Hall–Kier alpha value is -2.57. The molecule has 7 nitrogen and oxygen atoms in total. The number of Topliss-reactive ketones (excluding diaryl/α,β-unsaturated/α-hetero) is 1. The zero-order valence-electron chi connectivity index (χ0n) is 14.5. The molecule has 1 amide bonds. The molecule has 2 aliphatic rings. The molecule has 0 saturated carbocycles. The lowest BCUT2D eigenvalue weighted by Crippen LogP contribution is -2.46. The molecule has 0 spiro atoms. The summed E-state index contributed by atoms with van der Waals surface area (Å²) in [5.41, 5.74) is 6.09. The van der Waals surface area contributed by atoms with Crippen molar-refractivity contribution in [2.75, 3.05) is 6.54 Å². The van der Waals surface area contributed by atoms with Crippen molar-refractivity contribution in [1.29, 1.82) is 0 Å². The third-order valence-corrected chi connectivity index (χ3v) is 3.92. The van der Waals surface area contributed by atoms with Gasteiger partial charge in [0.2, 0.25) is 5.78 Å². The van der Waals surface area contributed by atoms with E-state index in [0.29, 0.717) is 25.0 Å². The highest BCUT2D eigenvalue weighted by Crippen LogP contribution is 2.33. The number of fused-ring (bicyclic) bond motifs is 1. The van der Waals surface area contributed by atoms with Crippen LogP contribution in [-0.2, 0) is 9.59 Å². The van der Waals surface area contributed by atoms with E-state index in [2.05, 4.69) is 5.10 Å². The standard InChI is InChI=1S/C15H20N4O3.C2H6/c1-2-19-11-7-5-3-4-6-9(11)13(21)10(15(19)22)8-12(20)14(16)18-17;1-2/h3,5-6,11,21H,2,4,7-8,17H2,1H3,(H2,16,18);1-2H3. The SMILES string of the molecule is CC.CCN1C(=O)C(CC(=O)/C(N)=N/N)=C(O)C2=CCC=CCC21. The highest BCUT2D eigenvalue weighted by atomic mass is 16.3.